The van der Waals surface area contributed by atoms with Crippen molar-refractivity contribution in [3.63, 3.8) is 0 Å². The van der Waals surface area contributed by atoms with Crippen LogP contribution in [-0.4, -0.2) is 13.2 Å². The van der Waals surface area contributed by atoms with Crippen molar-refractivity contribution in [2.45, 2.75) is 34.2 Å². The van der Waals surface area contributed by atoms with Gasteiger partial charge in [-0.15, -0.1) is 0 Å². The molecule has 0 heterocycles. The van der Waals surface area contributed by atoms with Crippen LogP contribution < -0.4 is 10.1 Å². The van der Waals surface area contributed by atoms with Gasteiger partial charge >= 0.3 is 0 Å². The van der Waals surface area contributed by atoms with Crippen molar-refractivity contribution in [1.29, 1.82) is 0 Å². The number of hydrogen-bond donors (Lipinski definition) is 1. The van der Waals surface area contributed by atoms with Crippen molar-refractivity contribution in [2.75, 3.05) is 13.2 Å². The summed E-state index contributed by atoms with van der Waals surface area (Å²) in [5.74, 6) is 2.43. The fourth-order valence-electron chi connectivity index (χ4n) is 1.62. The van der Waals surface area contributed by atoms with Gasteiger partial charge in [0.15, 0.2) is 0 Å². The van der Waals surface area contributed by atoms with Crippen LogP contribution in [-0.2, 0) is 6.54 Å². The second-order valence-corrected chi connectivity index (χ2v) is 4.89. The van der Waals surface area contributed by atoms with Crippen molar-refractivity contribution in [2.24, 2.45) is 11.8 Å². The van der Waals surface area contributed by atoms with Crippen LogP contribution in [0.1, 0.15) is 33.3 Å². The largest absolute Gasteiger partial charge is 0.494 e. The van der Waals surface area contributed by atoms with Crippen LogP contribution in [0, 0.1) is 11.8 Å². The Kier molecular flexibility index (Phi) is 6.06. The molecule has 1 aromatic carbocycles. The molecule has 1 aromatic rings. The van der Waals surface area contributed by atoms with Crippen LogP contribution >= 0.6 is 0 Å². The third kappa shape index (κ3) is 4.78. The minimum Gasteiger partial charge on any atom is -0.494 e. The number of benzene rings is 1. The first kappa shape index (κ1) is 14.0. The molecule has 0 saturated carbocycles. The van der Waals surface area contributed by atoms with Gasteiger partial charge < -0.3 is 10.1 Å². The molecule has 0 aliphatic carbocycles. The lowest BCUT2D eigenvalue weighted by Gasteiger charge is -2.17. The SMILES string of the molecule is CCOc1ccccc1CNC[C@@H](C)C(C)C. The first-order chi connectivity index (χ1) is 8.15. The lowest BCUT2D eigenvalue weighted by molar-refractivity contribution is 0.333. The topological polar surface area (TPSA) is 21.3 Å². The van der Waals surface area contributed by atoms with Gasteiger partial charge in [-0.05, 0) is 31.4 Å². The van der Waals surface area contributed by atoms with Gasteiger partial charge in [0.2, 0.25) is 0 Å². The molecule has 0 saturated heterocycles. The van der Waals surface area contributed by atoms with E-state index in [1.807, 2.05) is 19.1 Å². The lowest BCUT2D eigenvalue weighted by atomic mass is 9.98. The van der Waals surface area contributed by atoms with Gasteiger partial charge in [0.05, 0.1) is 6.61 Å². The van der Waals surface area contributed by atoms with Gasteiger partial charge in [0.25, 0.3) is 0 Å². The average Bonchev–Trinajstić information content (AvgIpc) is 2.31. The Morgan fingerprint density at radius 1 is 1.18 bits per heavy atom. The van der Waals surface area contributed by atoms with Gasteiger partial charge in [-0.1, -0.05) is 39.0 Å². The van der Waals surface area contributed by atoms with Gasteiger partial charge in [0.1, 0.15) is 5.75 Å². The number of ether oxygens (including phenoxy) is 1. The maximum atomic E-state index is 5.60. The Labute approximate surface area is 105 Å². The van der Waals surface area contributed by atoms with Crippen molar-refractivity contribution < 1.29 is 4.74 Å². The highest BCUT2D eigenvalue weighted by molar-refractivity contribution is 5.33. The summed E-state index contributed by atoms with van der Waals surface area (Å²) < 4.78 is 5.60. The maximum Gasteiger partial charge on any atom is 0.123 e. The molecular weight excluding hydrogens is 210 g/mol. The Balaban J connectivity index is 2.45. The van der Waals surface area contributed by atoms with Crippen LogP contribution in [0.25, 0.3) is 0 Å². The Morgan fingerprint density at radius 3 is 2.53 bits per heavy atom. The van der Waals surface area contributed by atoms with Gasteiger partial charge in [0, 0.05) is 12.1 Å². The van der Waals surface area contributed by atoms with Crippen molar-refractivity contribution in [3.8, 4) is 5.75 Å². The molecular formula is C15H25NO. The molecule has 0 spiro atoms. The van der Waals surface area contributed by atoms with E-state index in [-0.39, 0.29) is 0 Å². The Bertz CT molecular complexity index is 322. The quantitative estimate of drug-likeness (QED) is 0.781. The first-order valence-corrected chi connectivity index (χ1v) is 6.56. The number of nitrogens with one attached hydrogen (secondary N) is 1. The highest BCUT2D eigenvalue weighted by atomic mass is 16.5. The van der Waals surface area contributed by atoms with E-state index >= 15 is 0 Å². The van der Waals surface area contributed by atoms with Gasteiger partial charge in [-0.25, -0.2) is 0 Å². The van der Waals surface area contributed by atoms with Crippen molar-refractivity contribution in [3.05, 3.63) is 29.8 Å². The lowest BCUT2D eigenvalue weighted by Crippen LogP contribution is -2.24. The molecule has 2 nitrogen and oxygen atoms in total. The zero-order chi connectivity index (χ0) is 12.7. The molecule has 1 N–H and O–H groups in total. The summed E-state index contributed by atoms with van der Waals surface area (Å²) in [6.07, 6.45) is 0. The van der Waals surface area contributed by atoms with Crippen LogP contribution in [0.15, 0.2) is 24.3 Å². The predicted molar refractivity (Wildman–Crippen MR) is 73.3 cm³/mol. The maximum absolute atomic E-state index is 5.60. The molecule has 0 aliphatic rings. The zero-order valence-electron chi connectivity index (χ0n) is 11.5. The third-order valence-corrected chi connectivity index (χ3v) is 3.19. The molecule has 0 aliphatic heterocycles. The second-order valence-electron chi connectivity index (χ2n) is 4.89. The van der Waals surface area contributed by atoms with E-state index in [0.29, 0.717) is 5.92 Å². The monoisotopic (exact) mass is 235 g/mol. The minimum atomic E-state index is 0.703. The molecule has 0 fully saturated rings. The highest BCUT2D eigenvalue weighted by Gasteiger charge is 2.07. The summed E-state index contributed by atoms with van der Waals surface area (Å²) in [7, 11) is 0. The number of hydrogen-bond acceptors (Lipinski definition) is 2. The van der Waals surface area contributed by atoms with Crippen LogP contribution in [0.3, 0.4) is 0 Å². The molecule has 1 rings (SSSR count). The summed E-state index contributed by atoms with van der Waals surface area (Å²) in [6, 6.07) is 8.24. The van der Waals surface area contributed by atoms with Crippen molar-refractivity contribution in [1.82, 2.24) is 5.32 Å². The molecule has 0 amide bonds. The van der Waals surface area contributed by atoms with E-state index in [1.54, 1.807) is 0 Å². The molecule has 1 atom stereocenters. The minimum absolute atomic E-state index is 0.703. The third-order valence-electron chi connectivity index (χ3n) is 3.19. The van der Waals surface area contributed by atoms with E-state index in [2.05, 4.69) is 38.2 Å². The Hall–Kier alpha value is -1.02. The summed E-state index contributed by atoms with van der Waals surface area (Å²) in [6.45, 7) is 11.5. The summed E-state index contributed by atoms with van der Waals surface area (Å²) >= 11 is 0. The van der Waals surface area contributed by atoms with Crippen LogP contribution in [0.2, 0.25) is 0 Å². The second kappa shape index (κ2) is 7.33. The van der Waals surface area contributed by atoms with Crippen molar-refractivity contribution >= 4 is 0 Å². The van der Waals surface area contributed by atoms with E-state index < -0.39 is 0 Å². The molecule has 0 aromatic heterocycles. The normalized spacial score (nSPS) is 12.8. The molecule has 2 heteroatoms. The highest BCUT2D eigenvalue weighted by Crippen LogP contribution is 2.17. The zero-order valence-corrected chi connectivity index (χ0v) is 11.5. The smallest absolute Gasteiger partial charge is 0.123 e. The van der Waals surface area contributed by atoms with Crippen LogP contribution in [0.4, 0.5) is 0 Å². The fourth-order valence-corrected chi connectivity index (χ4v) is 1.62. The average molecular weight is 235 g/mol. The van der Waals surface area contributed by atoms with E-state index in [1.165, 1.54) is 5.56 Å². The van der Waals surface area contributed by atoms with E-state index in [4.69, 9.17) is 4.74 Å². The molecule has 0 bridgehead atoms. The summed E-state index contributed by atoms with van der Waals surface area (Å²) in [5, 5.41) is 3.50. The molecule has 96 valence electrons. The van der Waals surface area contributed by atoms with E-state index in [9.17, 15) is 0 Å². The van der Waals surface area contributed by atoms with E-state index in [0.717, 1.165) is 31.4 Å². The van der Waals surface area contributed by atoms with Gasteiger partial charge in [-0.3, -0.25) is 0 Å². The summed E-state index contributed by atoms with van der Waals surface area (Å²) in [5.41, 5.74) is 1.24. The van der Waals surface area contributed by atoms with Crippen LogP contribution in [0.5, 0.6) is 5.75 Å². The predicted octanol–water partition coefficient (Wildman–Crippen LogP) is 3.47. The fraction of sp³-hybridized carbons (Fsp3) is 0.600. The van der Waals surface area contributed by atoms with Gasteiger partial charge in [-0.2, -0.15) is 0 Å². The first-order valence-electron chi connectivity index (χ1n) is 6.56. The molecule has 0 radical (unpaired) electrons. The molecule has 0 unspecified atom stereocenters. The number of rotatable bonds is 7. The molecule has 17 heavy (non-hydrogen) atoms. The number of para-hydroxylation sites is 1. The summed E-state index contributed by atoms with van der Waals surface area (Å²) in [4.78, 5) is 0. The standard InChI is InChI=1S/C15H25NO/c1-5-17-15-9-7-6-8-14(15)11-16-10-13(4)12(2)3/h6-9,12-13,16H,5,10-11H2,1-4H3/t13-/m1/s1. The Morgan fingerprint density at radius 2 is 1.88 bits per heavy atom.